The summed E-state index contributed by atoms with van der Waals surface area (Å²) in [6.07, 6.45) is 8.03. The van der Waals surface area contributed by atoms with Gasteiger partial charge in [0.1, 0.15) is 11.6 Å². The van der Waals surface area contributed by atoms with Crippen LogP contribution in [0, 0.1) is 5.92 Å². The molecule has 20 heavy (non-hydrogen) atoms. The van der Waals surface area contributed by atoms with Gasteiger partial charge in [0.2, 0.25) is 11.8 Å². The lowest BCUT2D eigenvalue weighted by Crippen LogP contribution is -2.68. The standard InChI is InChI=1S/C16H28N2O2/c1-4-5-6-7-8-11-18-13(12-9-10-12)14(19)17-16(2,3)15(18)20/h12-13H,4-11H2,1-3H3,(H,17,19). The van der Waals surface area contributed by atoms with Crippen molar-refractivity contribution < 1.29 is 9.59 Å². The summed E-state index contributed by atoms with van der Waals surface area (Å²) < 4.78 is 0. The summed E-state index contributed by atoms with van der Waals surface area (Å²) >= 11 is 0. The molecule has 4 heteroatoms. The highest BCUT2D eigenvalue weighted by Gasteiger charge is 2.50. The molecule has 2 amide bonds. The van der Waals surface area contributed by atoms with E-state index < -0.39 is 5.54 Å². The molecule has 0 spiro atoms. The topological polar surface area (TPSA) is 49.4 Å². The van der Waals surface area contributed by atoms with Gasteiger partial charge >= 0.3 is 0 Å². The van der Waals surface area contributed by atoms with Crippen LogP contribution in [0.15, 0.2) is 0 Å². The molecular weight excluding hydrogens is 252 g/mol. The average Bonchev–Trinajstić information content (AvgIpc) is 3.18. The molecule has 1 aliphatic carbocycles. The van der Waals surface area contributed by atoms with Crippen LogP contribution >= 0.6 is 0 Å². The quantitative estimate of drug-likeness (QED) is 0.728. The fraction of sp³-hybridized carbons (Fsp3) is 0.875. The molecule has 0 radical (unpaired) electrons. The first-order chi connectivity index (χ1) is 9.47. The average molecular weight is 280 g/mol. The Balaban J connectivity index is 1.96. The molecule has 1 saturated heterocycles. The van der Waals surface area contributed by atoms with Crippen molar-refractivity contribution in [1.29, 1.82) is 0 Å². The maximum atomic E-state index is 12.6. The first kappa shape index (κ1) is 15.3. The first-order valence-corrected chi connectivity index (χ1v) is 8.10. The van der Waals surface area contributed by atoms with Crippen LogP contribution in [0.5, 0.6) is 0 Å². The van der Waals surface area contributed by atoms with Gasteiger partial charge in [0.25, 0.3) is 0 Å². The predicted molar refractivity (Wildman–Crippen MR) is 79.2 cm³/mol. The third-order valence-corrected chi connectivity index (χ3v) is 4.41. The molecule has 2 aliphatic rings. The van der Waals surface area contributed by atoms with Crippen molar-refractivity contribution in [2.45, 2.75) is 77.3 Å². The van der Waals surface area contributed by atoms with Gasteiger partial charge < -0.3 is 10.2 Å². The number of hydrogen-bond acceptors (Lipinski definition) is 2. The van der Waals surface area contributed by atoms with Crippen molar-refractivity contribution in [3.05, 3.63) is 0 Å². The number of unbranched alkanes of at least 4 members (excludes halogenated alkanes) is 4. The molecule has 1 heterocycles. The van der Waals surface area contributed by atoms with E-state index in [4.69, 9.17) is 0 Å². The molecule has 1 saturated carbocycles. The van der Waals surface area contributed by atoms with Crippen LogP contribution in [-0.2, 0) is 9.59 Å². The molecule has 4 nitrogen and oxygen atoms in total. The Labute approximate surface area is 122 Å². The van der Waals surface area contributed by atoms with Gasteiger partial charge in [-0.25, -0.2) is 0 Å². The minimum absolute atomic E-state index is 0.0469. The van der Waals surface area contributed by atoms with Crippen molar-refractivity contribution in [1.82, 2.24) is 10.2 Å². The molecule has 2 fully saturated rings. The number of rotatable bonds is 7. The molecule has 1 atom stereocenters. The van der Waals surface area contributed by atoms with Gasteiger partial charge in [0, 0.05) is 6.54 Å². The van der Waals surface area contributed by atoms with Gasteiger partial charge in [-0.2, -0.15) is 0 Å². The molecule has 0 bridgehead atoms. The van der Waals surface area contributed by atoms with Gasteiger partial charge in [-0.1, -0.05) is 32.6 Å². The van der Waals surface area contributed by atoms with Crippen molar-refractivity contribution in [2.75, 3.05) is 6.54 Å². The van der Waals surface area contributed by atoms with E-state index in [0.29, 0.717) is 5.92 Å². The largest absolute Gasteiger partial charge is 0.340 e. The van der Waals surface area contributed by atoms with Crippen LogP contribution < -0.4 is 5.32 Å². The molecule has 114 valence electrons. The molecule has 1 aliphatic heterocycles. The maximum Gasteiger partial charge on any atom is 0.248 e. The lowest BCUT2D eigenvalue weighted by molar-refractivity contribution is -0.154. The Kier molecular flexibility index (Phi) is 4.71. The normalized spacial score (nSPS) is 25.8. The molecule has 2 rings (SSSR count). The zero-order valence-electron chi connectivity index (χ0n) is 13.1. The molecule has 1 N–H and O–H groups in total. The minimum Gasteiger partial charge on any atom is -0.340 e. The van der Waals surface area contributed by atoms with E-state index in [0.717, 1.165) is 32.2 Å². The monoisotopic (exact) mass is 280 g/mol. The summed E-state index contributed by atoms with van der Waals surface area (Å²) in [5, 5.41) is 2.89. The lowest BCUT2D eigenvalue weighted by Gasteiger charge is -2.43. The summed E-state index contributed by atoms with van der Waals surface area (Å²) in [5.74, 6) is 0.529. The molecule has 1 unspecified atom stereocenters. The number of amides is 2. The first-order valence-electron chi connectivity index (χ1n) is 8.10. The molecule has 0 aromatic carbocycles. The highest BCUT2D eigenvalue weighted by Crippen LogP contribution is 2.38. The van der Waals surface area contributed by atoms with Gasteiger partial charge in [-0.3, -0.25) is 9.59 Å². The van der Waals surface area contributed by atoms with Crippen molar-refractivity contribution in [2.24, 2.45) is 5.92 Å². The second-order valence-electron chi connectivity index (χ2n) is 6.81. The number of carbonyl (C=O) groups excluding carboxylic acids is 2. The SMILES string of the molecule is CCCCCCCN1C(=O)C(C)(C)NC(=O)C1C1CC1. The van der Waals surface area contributed by atoms with Crippen LogP contribution in [0.3, 0.4) is 0 Å². The van der Waals surface area contributed by atoms with Gasteiger partial charge in [0.15, 0.2) is 0 Å². The van der Waals surface area contributed by atoms with Crippen LogP contribution in [0.25, 0.3) is 0 Å². The fourth-order valence-corrected chi connectivity index (χ4v) is 3.07. The Bertz CT molecular complexity index is 375. The van der Waals surface area contributed by atoms with Crippen LogP contribution in [0.4, 0.5) is 0 Å². The van der Waals surface area contributed by atoms with E-state index in [-0.39, 0.29) is 17.9 Å². The zero-order valence-corrected chi connectivity index (χ0v) is 13.1. The Morgan fingerprint density at radius 1 is 1.15 bits per heavy atom. The summed E-state index contributed by atoms with van der Waals surface area (Å²) in [6, 6.07) is -0.207. The number of carbonyl (C=O) groups is 2. The summed E-state index contributed by atoms with van der Waals surface area (Å²) in [7, 11) is 0. The van der Waals surface area contributed by atoms with E-state index in [9.17, 15) is 9.59 Å². The van der Waals surface area contributed by atoms with Gasteiger partial charge in [0.05, 0.1) is 0 Å². The Hall–Kier alpha value is -1.06. The molecule has 0 aromatic heterocycles. The fourth-order valence-electron chi connectivity index (χ4n) is 3.07. The second-order valence-corrected chi connectivity index (χ2v) is 6.81. The number of nitrogens with one attached hydrogen (secondary N) is 1. The number of piperazine rings is 1. The Morgan fingerprint density at radius 2 is 1.80 bits per heavy atom. The second kappa shape index (κ2) is 6.15. The van der Waals surface area contributed by atoms with E-state index >= 15 is 0 Å². The number of nitrogens with zero attached hydrogens (tertiary/aromatic N) is 1. The lowest BCUT2D eigenvalue weighted by atomic mass is 9.94. The third kappa shape index (κ3) is 3.33. The van der Waals surface area contributed by atoms with Crippen molar-refractivity contribution >= 4 is 11.8 Å². The molecule has 0 aromatic rings. The minimum atomic E-state index is -0.744. The van der Waals surface area contributed by atoms with Crippen LogP contribution in [0.2, 0.25) is 0 Å². The Morgan fingerprint density at radius 3 is 2.40 bits per heavy atom. The van der Waals surface area contributed by atoms with Crippen molar-refractivity contribution in [3.8, 4) is 0 Å². The summed E-state index contributed by atoms with van der Waals surface area (Å²) in [4.78, 5) is 26.7. The maximum absolute atomic E-state index is 12.6. The third-order valence-electron chi connectivity index (χ3n) is 4.41. The van der Waals surface area contributed by atoms with E-state index in [1.165, 1.54) is 19.3 Å². The van der Waals surface area contributed by atoms with E-state index in [1.54, 1.807) is 13.8 Å². The van der Waals surface area contributed by atoms with Crippen LogP contribution in [0.1, 0.15) is 65.7 Å². The van der Waals surface area contributed by atoms with Crippen LogP contribution in [-0.4, -0.2) is 34.8 Å². The smallest absolute Gasteiger partial charge is 0.248 e. The molecular formula is C16H28N2O2. The number of hydrogen-bond donors (Lipinski definition) is 1. The van der Waals surface area contributed by atoms with E-state index in [1.807, 2.05) is 4.90 Å². The predicted octanol–water partition coefficient (Wildman–Crippen LogP) is 2.47. The van der Waals surface area contributed by atoms with Gasteiger partial charge in [-0.05, 0) is 39.0 Å². The highest BCUT2D eigenvalue weighted by molar-refractivity contribution is 5.99. The summed E-state index contributed by atoms with van der Waals surface area (Å²) in [5.41, 5.74) is -0.744. The van der Waals surface area contributed by atoms with Gasteiger partial charge in [-0.15, -0.1) is 0 Å². The summed E-state index contributed by atoms with van der Waals surface area (Å²) in [6.45, 7) is 6.55. The highest BCUT2D eigenvalue weighted by atomic mass is 16.2. The zero-order chi connectivity index (χ0) is 14.8. The van der Waals surface area contributed by atoms with E-state index in [2.05, 4.69) is 12.2 Å². The van der Waals surface area contributed by atoms with Crippen molar-refractivity contribution in [3.63, 3.8) is 0 Å².